The van der Waals surface area contributed by atoms with E-state index in [1.165, 1.54) is 0 Å². The highest BCUT2D eigenvalue weighted by Crippen LogP contribution is 2.47. The molecule has 0 saturated carbocycles. The Balaban J connectivity index is 2.18. The van der Waals surface area contributed by atoms with Gasteiger partial charge in [-0.05, 0) is 22.3 Å². The number of hydrogen-bond acceptors (Lipinski definition) is 4. The third kappa shape index (κ3) is 2.01. The summed E-state index contributed by atoms with van der Waals surface area (Å²) in [6.07, 6.45) is 0. The van der Waals surface area contributed by atoms with Crippen LogP contribution in [0, 0.1) is 10.8 Å². The van der Waals surface area contributed by atoms with Crippen LogP contribution in [0.3, 0.4) is 0 Å². The summed E-state index contributed by atoms with van der Waals surface area (Å²) in [5, 5.41) is 0. The second-order valence-electron chi connectivity index (χ2n) is 4.34. The van der Waals surface area contributed by atoms with Crippen molar-refractivity contribution in [3.63, 3.8) is 0 Å². The Labute approximate surface area is 118 Å². The molecule has 0 unspecified atom stereocenters. The standard InChI is InChI=1S/C15H9ClO4/c17-9-14(20-16(18)19)15-12-7-3-1-5-10(12)11-6-2-4-8-13(11)15/h1-8,15H. The Bertz CT molecular complexity index is 659. The van der Waals surface area contributed by atoms with Crippen LogP contribution in [0.5, 0.6) is 0 Å². The van der Waals surface area contributed by atoms with Gasteiger partial charge in [0.15, 0.2) is 5.94 Å². The van der Waals surface area contributed by atoms with Crippen molar-refractivity contribution in [1.29, 1.82) is 0 Å². The maximum atomic E-state index is 11.1. The van der Waals surface area contributed by atoms with Gasteiger partial charge in [-0.25, -0.2) is 4.79 Å². The van der Waals surface area contributed by atoms with Crippen LogP contribution in [0.25, 0.3) is 11.1 Å². The van der Waals surface area contributed by atoms with Crippen molar-refractivity contribution in [1.82, 2.24) is 0 Å². The van der Waals surface area contributed by atoms with Gasteiger partial charge >= 0.3 is 16.5 Å². The molecule has 0 amide bonds. The maximum absolute atomic E-state index is 11.1. The van der Waals surface area contributed by atoms with Gasteiger partial charge in [-0.15, -0.1) is 0 Å². The van der Waals surface area contributed by atoms with E-state index in [0.717, 1.165) is 22.3 Å². The van der Waals surface area contributed by atoms with Gasteiger partial charge in [0.25, 0.3) is 0 Å². The molecule has 2 aromatic rings. The lowest BCUT2D eigenvalue weighted by Crippen LogP contribution is -2.34. The molecule has 0 bridgehead atoms. The first-order valence-electron chi connectivity index (χ1n) is 5.89. The van der Waals surface area contributed by atoms with Gasteiger partial charge in [0.05, 0.1) is 5.92 Å². The fourth-order valence-corrected chi connectivity index (χ4v) is 2.88. The van der Waals surface area contributed by atoms with Crippen LogP contribution >= 0.6 is 0 Å². The van der Waals surface area contributed by atoms with Crippen LogP contribution in [-0.4, -0.2) is 5.94 Å². The van der Waals surface area contributed by atoms with E-state index in [0.29, 0.717) is 0 Å². The maximum Gasteiger partial charge on any atom is 0.350 e. The summed E-state index contributed by atoms with van der Waals surface area (Å²) in [6, 6.07) is 15.0. The minimum absolute atomic E-state index is 0.257. The molecule has 1 aliphatic carbocycles. The molecule has 0 N–H and O–H groups in total. The summed E-state index contributed by atoms with van der Waals surface area (Å²) in [5.74, 6) is 0.804. The molecule has 4 nitrogen and oxygen atoms in total. The fraction of sp³-hybridized carbons (Fsp3) is 0.0667. The predicted molar refractivity (Wildman–Crippen MR) is 64.0 cm³/mol. The summed E-state index contributed by atoms with van der Waals surface area (Å²) in [6.45, 7) is 0. The Hall–Kier alpha value is -2.10. The van der Waals surface area contributed by atoms with Crippen molar-refractivity contribution in [2.45, 2.75) is 5.92 Å². The quantitative estimate of drug-likeness (QED) is 0.613. The van der Waals surface area contributed by atoms with Gasteiger partial charge in [-0.1, -0.05) is 52.8 Å². The highest BCUT2D eigenvalue weighted by Gasteiger charge is 2.37. The first-order chi connectivity index (χ1) is 9.72. The molecule has 0 radical (unpaired) electrons. The van der Waals surface area contributed by atoms with Gasteiger partial charge < -0.3 is 9.32 Å². The van der Waals surface area contributed by atoms with Crippen LogP contribution in [-0.2, 0) is 9.08 Å². The highest BCUT2D eigenvalue weighted by molar-refractivity contribution is 5.81. The normalized spacial score (nSPS) is 12.8. The Kier molecular flexibility index (Phi) is 3.30. The Morgan fingerprint density at radius 3 is 1.95 bits per heavy atom. The van der Waals surface area contributed by atoms with E-state index < -0.39 is 16.7 Å². The van der Waals surface area contributed by atoms with Gasteiger partial charge in [0, 0.05) is 0 Å². The molecular formula is C15H9ClO4. The van der Waals surface area contributed by atoms with Crippen molar-refractivity contribution in [2.75, 3.05) is 0 Å². The van der Waals surface area contributed by atoms with Gasteiger partial charge in [-0.3, -0.25) is 0 Å². The van der Waals surface area contributed by atoms with E-state index in [1.54, 1.807) is 5.94 Å². The largest absolute Gasteiger partial charge is 0.350 e. The molecular weight excluding hydrogens is 280 g/mol. The average Bonchev–Trinajstić information content (AvgIpc) is 2.79. The van der Waals surface area contributed by atoms with Crippen LogP contribution in [0.4, 0.5) is 0 Å². The molecule has 5 heteroatoms. The second-order valence-corrected chi connectivity index (χ2v) is 4.87. The predicted octanol–water partition coefficient (Wildman–Crippen LogP) is 0.617. The third-order valence-electron chi connectivity index (χ3n) is 3.34. The van der Waals surface area contributed by atoms with Crippen LogP contribution in [0.1, 0.15) is 17.0 Å². The molecule has 1 aliphatic rings. The number of rotatable bonds is 3. The van der Waals surface area contributed by atoms with Gasteiger partial charge in [-0.2, -0.15) is 0 Å². The number of hydrogen-bond donors (Lipinski definition) is 0. The average molecular weight is 289 g/mol. The summed E-state index contributed by atoms with van der Waals surface area (Å²) in [7, 11) is -2.45. The zero-order chi connectivity index (χ0) is 14.1. The van der Waals surface area contributed by atoms with Crippen molar-refractivity contribution in [3.8, 4) is 11.1 Å². The van der Waals surface area contributed by atoms with E-state index in [1.807, 2.05) is 48.5 Å². The first kappa shape index (κ1) is 12.9. The van der Waals surface area contributed by atoms with Crippen LogP contribution < -0.4 is 9.32 Å². The lowest BCUT2D eigenvalue weighted by Gasteiger charge is -2.09. The second kappa shape index (κ2) is 5.12. The highest BCUT2D eigenvalue weighted by atomic mass is 35.6. The summed E-state index contributed by atoms with van der Waals surface area (Å²) in [4.78, 5) is 11.1. The number of fused-ring (bicyclic) bond motifs is 3. The molecule has 0 aliphatic heterocycles. The van der Waals surface area contributed by atoms with E-state index in [2.05, 4.69) is 4.29 Å². The molecule has 2 aromatic carbocycles. The van der Waals surface area contributed by atoms with E-state index >= 15 is 0 Å². The van der Waals surface area contributed by atoms with Crippen molar-refractivity contribution in [3.05, 3.63) is 65.4 Å². The Morgan fingerprint density at radius 1 is 1.00 bits per heavy atom. The van der Waals surface area contributed by atoms with Crippen LogP contribution in [0.15, 0.2) is 54.3 Å². The molecule has 100 valence electrons. The molecule has 0 saturated heterocycles. The molecule has 20 heavy (non-hydrogen) atoms. The number of benzene rings is 2. The van der Waals surface area contributed by atoms with E-state index in [-0.39, 0.29) is 5.76 Å². The Morgan fingerprint density at radius 2 is 1.50 bits per heavy atom. The van der Waals surface area contributed by atoms with E-state index in [4.69, 9.17) is 0 Å². The summed E-state index contributed by atoms with van der Waals surface area (Å²) < 4.78 is 26.0. The molecule has 0 aromatic heterocycles. The lowest BCUT2D eigenvalue weighted by atomic mass is 9.95. The smallest absolute Gasteiger partial charge is 0.307 e. The molecule has 0 fully saturated rings. The zero-order valence-corrected chi connectivity index (χ0v) is 11.0. The van der Waals surface area contributed by atoms with Crippen molar-refractivity contribution in [2.24, 2.45) is 0 Å². The SMILES string of the molecule is O=C=C(O[Cl+2]([O-])[O-])C1c2ccccc2-c2ccccc21. The third-order valence-corrected chi connectivity index (χ3v) is 3.63. The molecule has 0 atom stereocenters. The number of allylic oxidation sites excluding steroid dienone is 1. The fourth-order valence-electron chi connectivity index (χ4n) is 2.63. The topological polar surface area (TPSA) is 72.4 Å². The molecule has 0 heterocycles. The first-order valence-corrected chi connectivity index (χ1v) is 6.82. The number of halogens is 1. The monoisotopic (exact) mass is 288 g/mol. The number of carbonyl (C=O) groups excluding carboxylic acids is 1. The lowest BCUT2D eigenvalue weighted by molar-refractivity contribution is -1.63. The minimum atomic E-state index is -2.45. The zero-order valence-electron chi connectivity index (χ0n) is 10.2. The van der Waals surface area contributed by atoms with Gasteiger partial charge in [0.2, 0.25) is 0 Å². The van der Waals surface area contributed by atoms with Gasteiger partial charge in [0.1, 0.15) is 0 Å². The van der Waals surface area contributed by atoms with Crippen molar-refractivity contribution >= 4 is 5.94 Å². The molecule has 3 rings (SSSR count). The summed E-state index contributed by atoms with van der Waals surface area (Å²) >= 11 is 0. The van der Waals surface area contributed by atoms with Crippen LogP contribution in [0.2, 0.25) is 0 Å². The minimum Gasteiger partial charge on any atom is -0.307 e. The summed E-state index contributed by atoms with van der Waals surface area (Å²) in [5.41, 5.74) is 3.62. The van der Waals surface area contributed by atoms with Crippen molar-refractivity contribution < 1.29 is 29.2 Å². The van der Waals surface area contributed by atoms with E-state index in [9.17, 15) is 14.1 Å². The molecule has 0 spiro atoms.